The first-order valence-electron chi connectivity index (χ1n) is 5.77. The summed E-state index contributed by atoms with van der Waals surface area (Å²) in [6.07, 6.45) is 3.20. The van der Waals surface area contributed by atoms with Gasteiger partial charge in [-0.2, -0.15) is 4.98 Å². The van der Waals surface area contributed by atoms with Gasteiger partial charge in [0.1, 0.15) is 5.69 Å². The number of hydrogen-bond acceptors (Lipinski definition) is 4. The van der Waals surface area contributed by atoms with Crippen molar-refractivity contribution in [2.24, 2.45) is 0 Å². The van der Waals surface area contributed by atoms with Gasteiger partial charge in [0.25, 0.3) is 0 Å². The van der Waals surface area contributed by atoms with Crippen molar-refractivity contribution in [3.8, 4) is 6.01 Å². The van der Waals surface area contributed by atoms with Gasteiger partial charge in [0, 0.05) is 28.9 Å². The minimum Gasteiger partial charge on any atom is -0.467 e. The second-order valence-electron chi connectivity index (χ2n) is 4.01. The van der Waals surface area contributed by atoms with Crippen LogP contribution in [0.5, 0.6) is 6.01 Å². The molecule has 0 bridgehead atoms. The van der Waals surface area contributed by atoms with Gasteiger partial charge in [0.15, 0.2) is 0 Å². The van der Waals surface area contributed by atoms with Gasteiger partial charge >= 0.3 is 6.01 Å². The second kappa shape index (κ2) is 4.53. The largest absolute Gasteiger partial charge is 0.467 e. The number of hydrogen-bond donors (Lipinski definition) is 1. The number of rotatable bonds is 3. The predicted octanol–water partition coefficient (Wildman–Crippen LogP) is 2.20. The van der Waals surface area contributed by atoms with Crippen molar-refractivity contribution in [1.29, 1.82) is 0 Å². The molecule has 0 unspecified atom stereocenters. The lowest BCUT2D eigenvalue weighted by molar-refractivity contribution is 0.103. The molecule has 0 aliphatic heterocycles. The highest BCUT2D eigenvalue weighted by atomic mass is 16.5. The van der Waals surface area contributed by atoms with Crippen molar-refractivity contribution in [3.05, 3.63) is 54.0 Å². The average Bonchev–Trinajstić information content (AvgIpc) is 2.90. The van der Waals surface area contributed by atoms with E-state index in [0.29, 0.717) is 11.3 Å². The van der Waals surface area contributed by atoms with Gasteiger partial charge in [-0.15, -0.1) is 0 Å². The maximum Gasteiger partial charge on any atom is 0.316 e. The molecule has 0 radical (unpaired) electrons. The molecule has 5 nitrogen and oxygen atoms in total. The molecule has 5 heteroatoms. The third-order valence-electron chi connectivity index (χ3n) is 2.88. The minimum atomic E-state index is -0.154. The fourth-order valence-electron chi connectivity index (χ4n) is 1.96. The van der Waals surface area contributed by atoms with Crippen LogP contribution in [-0.2, 0) is 0 Å². The number of ketones is 1. The lowest BCUT2D eigenvalue weighted by Crippen LogP contribution is -2.05. The van der Waals surface area contributed by atoms with E-state index in [2.05, 4.69) is 15.0 Å². The monoisotopic (exact) mass is 253 g/mol. The van der Waals surface area contributed by atoms with E-state index in [1.165, 1.54) is 13.3 Å². The smallest absolute Gasteiger partial charge is 0.316 e. The third kappa shape index (κ3) is 1.95. The Morgan fingerprint density at radius 1 is 1.26 bits per heavy atom. The minimum absolute atomic E-state index is 0.154. The summed E-state index contributed by atoms with van der Waals surface area (Å²) in [5.74, 6) is -0.154. The topological polar surface area (TPSA) is 67.9 Å². The molecule has 19 heavy (non-hydrogen) atoms. The molecule has 0 aliphatic rings. The van der Waals surface area contributed by atoms with Crippen molar-refractivity contribution in [1.82, 2.24) is 15.0 Å². The zero-order chi connectivity index (χ0) is 13.2. The molecule has 0 aliphatic carbocycles. The van der Waals surface area contributed by atoms with Crippen LogP contribution in [0.4, 0.5) is 0 Å². The molecule has 3 rings (SSSR count). The Balaban J connectivity index is 2.08. The molecule has 0 fully saturated rings. The Kier molecular flexibility index (Phi) is 2.72. The van der Waals surface area contributed by atoms with E-state index >= 15 is 0 Å². The maximum atomic E-state index is 12.4. The van der Waals surface area contributed by atoms with Crippen LogP contribution in [-0.4, -0.2) is 27.8 Å². The zero-order valence-electron chi connectivity index (χ0n) is 10.3. The summed E-state index contributed by atoms with van der Waals surface area (Å²) in [6.45, 7) is 0. The highest BCUT2D eigenvalue weighted by molar-refractivity contribution is 6.15. The molecule has 1 N–H and O–H groups in total. The van der Waals surface area contributed by atoms with E-state index < -0.39 is 0 Å². The molecule has 0 atom stereocenters. The molecule has 0 amide bonds. The number of nitrogens with zero attached hydrogens (tertiary/aromatic N) is 2. The number of carbonyl (C=O) groups excluding carboxylic acids is 1. The molecule has 2 heterocycles. The van der Waals surface area contributed by atoms with Crippen LogP contribution in [0.15, 0.2) is 42.7 Å². The van der Waals surface area contributed by atoms with Gasteiger partial charge in [0.2, 0.25) is 5.78 Å². The molecule has 0 saturated heterocycles. The van der Waals surface area contributed by atoms with Crippen LogP contribution < -0.4 is 4.74 Å². The summed E-state index contributed by atoms with van der Waals surface area (Å²) < 4.78 is 4.93. The molecule has 0 spiro atoms. The summed E-state index contributed by atoms with van der Waals surface area (Å²) in [7, 11) is 1.47. The Bertz CT molecular complexity index is 749. The Morgan fingerprint density at radius 2 is 2.11 bits per heavy atom. The third-order valence-corrected chi connectivity index (χ3v) is 2.88. The SMILES string of the molecule is COc1nccc(C(=O)c2c[nH]c3ccccc23)n1. The van der Waals surface area contributed by atoms with Crippen molar-refractivity contribution in [3.63, 3.8) is 0 Å². The maximum absolute atomic E-state index is 12.4. The molecule has 0 saturated carbocycles. The zero-order valence-corrected chi connectivity index (χ0v) is 10.3. The van der Waals surface area contributed by atoms with Crippen molar-refractivity contribution >= 4 is 16.7 Å². The number of fused-ring (bicyclic) bond motifs is 1. The first-order valence-corrected chi connectivity index (χ1v) is 5.77. The van der Waals surface area contributed by atoms with Crippen LogP contribution in [0, 0.1) is 0 Å². The number of aromatic amines is 1. The van der Waals surface area contributed by atoms with Gasteiger partial charge in [-0.05, 0) is 12.1 Å². The second-order valence-corrected chi connectivity index (χ2v) is 4.01. The van der Waals surface area contributed by atoms with Crippen LogP contribution in [0.25, 0.3) is 10.9 Å². The number of aromatic nitrogens is 3. The Hall–Kier alpha value is -2.69. The van der Waals surface area contributed by atoms with Gasteiger partial charge in [0.05, 0.1) is 7.11 Å². The lowest BCUT2D eigenvalue weighted by Gasteiger charge is -2.01. The molecule has 2 aromatic heterocycles. The van der Waals surface area contributed by atoms with Crippen molar-refractivity contribution in [2.75, 3.05) is 7.11 Å². The lowest BCUT2D eigenvalue weighted by atomic mass is 10.1. The van der Waals surface area contributed by atoms with Crippen LogP contribution in [0.2, 0.25) is 0 Å². The Morgan fingerprint density at radius 3 is 2.95 bits per heavy atom. The number of para-hydroxylation sites is 1. The number of carbonyl (C=O) groups is 1. The van der Waals surface area contributed by atoms with E-state index in [-0.39, 0.29) is 11.8 Å². The normalized spacial score (nSPS) is 10.6. The first kappa shape index (κ1) is 11.4. The standard InChI is InChI=1S/C14H11N3O2/c1-19-14-15-7-6-12(17-14)13(18)10-8-16-11-5-3-2-4-9(10)11/h2-8,16H,1H3. The van der Waals surface area contributed by atoms with E-state index in [1.54, 1.807) is 12.3 Å². The summed E-state index contributed by atoms with van der Waals surface area (Å²) in [5, 5.41) is 0.880. The fraction of sp³-hybridized carbons (Fsp3) is 0.0714. The van der Waals surface area contributed by atoms with Gasteiger partial charge in [-0.3, -0.25) is 4.79 Å². The number of H-pyrrole nitrogens is 1. The van der Waals surface area contributed by atoms with Crippen molar-refractivity contribution < 1.29 is 9.53 Å². The van der Waals surface area contributed by atoms with E-state index in [9.17, 15) is 4.79 Å². The van der Waals surface area contributed by atoms with Gasteiger partial charge in [-0.25, -0.2) is 4.98 Å². The molecule has 1 aromatic carbocycles. The fourth-order valence-corrected chi connectivity index (χ4v) is 1.96. The first-order chi connectivity index (χ1) is 9.29. The number of nitrogens with one attached hydrogen (secondary N) is 1. The Labute approximate surface area is 109 Å². The summed E-state index contributed by atoms with van der Waals surface area (Å²) in [6, 6.07) is 9.40. The summed E-state index contributed by atoms with van der Waals surface area (Å²) in [4.78, 5) is 23.4. The quantitative estimate of drug-likeness (QED) is 0.726. The van der Waals surface area contributed by atoms with E-state index in [1.807, 2.05) is 24.3 Å². The van der Waals surface area contributed by atoms with Gasteiger partial charge in [-0.1, -0.05) is 18.2 Å². The average molecular weight is 253 g/mol. The van der Waals surface area contributed by atoms with Crippen LogP contribution in [0.1, 0.15) is 16.1 Å². The summed E-state index contributed by atoms with van der Waals surface area (Å²) >= 11 is 0. The number of ether oxygens (including phenoxy) is 1. The van der Waals surface area contributed by atoms with Crippen molar-refractivity contribution in [2.45, 2.75) is 0 Å². The number of methoxy groups -OCH3 is 1. The predicted molar refractivity (Wildman–Crippen MR) is 70.3 cm³/mol. The number of benzene rings is 1. The van der Waals surface area contributed by atoms with E-state index in [0.717, 1.165) is 10.9 Å². The van der Waals surface area contributed by atoms with Crippen LogP contribution >= 0.6 is 0 Å². The van der Waals surface area contributed by atoms with Gasteiger partial charge < -0.3 is 9.72 Å². The molecule has 94 valence electrons. The highest BCUT2D eigenvalue weighted by Crippen LogP contribution is 2.20. The van der Waals surface area contributed by atoms with Crippen LogP contribution in [0.3, 0.4) is 0 Å². The molecule has 3 aromatic rings. The molecular formula is C14H11N3O2. The molecular weight excluding hydrogens is 242 g/mol. The highest BCUT2D eigenvalue weighted by Gasteiger charge is 2.15. The summed E-state index contributed by atoms with van der Waals surface area (Å²) in [5.41, 5.74) is 1.83. The van der Waals surface area contributed by atoms with E-state index in [4.69, 9.17) is 4.74 Å².